The summed E-state index contributed by atoms with van der Waals surface area (Å²) in [4.78, 5) is 0. The molecule has 0 fully saturated rings. The van der Waals surface area contributed by atoms with Crippen LogP contribution >= 0.6 is 0 Å². The van der Waals surface area contributed by atoms with Crippen molar-refractivity contribution in [1.29, 1.82) is 0 Å². The first-order valence-corrected chi connectivity index (χ1v) is 6.36. The molecule has 1 aliphatic heterocycles. The lowest BCUT2D eigenvalue weighted by atomic mass is 9.93. The van der Waals surface area contributed by atoms with Crippen LogP contribution in [0.4, 0.5) is 0 Å². The van der Waals surface area contributed by atoms with Gasteiger partial charge in [0.2, 0.25) is 0 Å². The Hall–Kier alpha value is -1.26. The summed E-state index contributed by atoms with van der Waals surface area (Å²) in [6.45, 7) is 4.09. The SMILES string of the molecule is COCCC(C)C(N)c1ccc2c(c1)OCCO2. The van der Waals surface area contributed by atoms with Gasteiger partial charge in [0.05, 0.1) is 0 Å². The highest BCUT2D eigenvalue weighted by molar-refractivity contribution is 5.44. The van der Waals surface area contributed by atoms with Gasteiger partial charge >= 0.3 is 0 Å². The molecule has 0 aliphatic carbocycles. The second kappa shape index (κ2) is 6.07. The van der Waals surface area contributed by atoms with Crippen molar-refractivity contribution < 1.29 is 14.2 Å². The first-order chi connectivity index (χ1) is 8.72. The van der Waals surface area contributed by atoms with Gasteiger partial charge in [0.25, 0.3) is 0 Å². The van der Waals surface area contributed by atoms with E-state index >= 15 is 0 Å². The first kappa shape index (κ1) is 13.2. The van der Waals surface area contributed by atoms with Crippen molar-refractivity contribution in [1.82, 2.24) is 0 Å². The largest absolute Gasteiger partial charge is 0.486 e. The Kier molecular flexibility index (Phi) is 4.44. The van der Waals surface area contributed by atoms with Crippen LogP contribution in [-0.2, 0) is 4.74 Å². The fourth-order valence-electron chi connectivity index (χ4n) is 2.08. The minimum absolute atomic E-state index is 0.00373. The average Bonchev–Trinajstić information content (AvgIpc) is 2.43. The van der Waals surface area contributed by atoms with Crippen LogP contribution in [0.1, 0.15) is 24.9 Å². The van der Waals surface area contributed by atoms with E-state index in [0.29, 0.717) is 19.1 Å². The molecule has 0 aromatic heterocycles. The highest BCUT2D eigenvalue weighted by atomic mass is 16.6. The first-order valence-electron chi connectivity index (χ1n) is 6.36. The van der Waals surface area contributed by atoms with Crippen LogP contribution in [0.3, 0.4) is 0 Å². The predicted octanol–water partition coefficient (Wildman–Crippen LogP) is 2.13. The topological polar surface area (TPSA) is 53.7 Å². The Morgan fingerprint density at radius 1 is 1.28 bits per heavy atom. The van der Waals surface area contributed by atoms with Crippen LogP contribution in [0.25, 0.3) is 0 Å². The van der Waals surface area contributed by atoms with Gasteiger partial charge < -0.3 is 19.9 Å². The molecular formula is C14H21NO3. The van der Waals surface area contributed by atoms with E-state index in [1.54, 1.807) is 7.11 Å². The number of rotatable bonds is 5. The molecule has 0 radical (unpaired) electrons. The molecule has 0 bridgehead atoms. The summed E-state index contributed by atoms with van der Waals surface area (Å²) in [5, 5.41) is 0. The van der Waals surface area contributed by atoms with Gasteiger partial charge in [0, 0.05) is 19.8 Å². The summed E-state index contributed by atoms with van der Waals surface area (Å²) >= 11 is 0. The minimum atomic E-state index is -0.00373. The predicted molar refractivity (Wildman–Crippen MR) is 70.0 cm³/mol. The van der Waals surface area contributed by atoms with Gasteiger partial charge in [-0.15, -0.1) is 0 Å². The highest BCUT2D eigenvalue weighted by Gasteiger charge is 2.18. The van der Waals surface area contributed by atoms with Gasteiger partial charge in [-0.3, -0.25) is 0 Å². The van der Waals surface area contributed by atoms with E-state index in [0.717, 1.165) is 30.1 Å². The lowest BCUT2D eigenvalue weighted by molar-refractivity contribution is 0.169. The Bertz CT molecular complexity index is 395. The zero-order valence-electron chi connectivity index (χ0n) is 11.0. The molecule has 0 amide bonds. The molecule has 0 saturated carbocycles. The minimum Gasteiger partial charge on any atom is -0.486 e. The molecule has 1 aromatic carbocycles. The van der Waals surface area contributed by atoms with Gasteiger partial charge in [-0.25, -0.2) is 0 Å². The molecule has 4 heteroatoms. The van der Waals surface area contributed by atoms with Crippen molar-refractivity contribution in [3.8, 4) is 11.5 Å². The quantitative estimate of drug-likeness (QED) is 0.871. The Labute approximate surface area is 108 Å². The second-order valence-electron chi connectivity index (χ2n) is 4.69. The Balaban J connectivity index is 2.08. The summed E-state index contributed by atoms with van der Waals surface area (Å²) in [6.07, 6.45) is 0.951. The van der Waals surface area contributed by atoms with Gasteiger partial charge in [-0.2, -0.15) is 0 Å². The van der Waals surface area contributed by atoms with E-state index in [2.05, 4.69) is 6.92 Å². The lowest BCUT2D eigenvalue weighted by Crippen LogP contribution is -2.21. The van der Waals surface area contributed by atoms with Crippen LogP contribution in [0.2, 0.25) is 0 Å². The number of methoxy groups -OCH3 is 1. The molecule has 18 heavy (non-hydrogen) atoms. The molecule has 1 aliphatic rings. The molecule has 2 atom stereocenters. The number of hydrogen-bond donors (Lipinski definition) is 1. The fraction of sp³-hybridized carbons (Fsp3) is 0.571. The zero-order chi connectivity index (χ0) is 13.0. The van der Waals surface area contributed by atoms with Gasteiger partial charge in [-0.05, 0) is 30.0 Å². The van der Waals surface area contributed by atoms with Gasteiger partial charge in [0.1, 0.15) is 13.2 Å². The molecule has 4 nitrogen and oxygen atoms in total. The van der Waals surface area contributed by atoms with Gasteiger partial charge in [0.15, 0.2) is 11.5 Å². The number of ether oxygens (including phenoxy) is 3. The third-order valence-electron chi connectivity index (χ3n) is 3.34. The zero-order valence-corrected chi connectivity index (χ0v) is 11.0. The number of hydrogen-bond acceptors (Lipinski definition) is 4. The maximum absolute atomic E-state index is 6.26. The molecule has 0 saturated heterocycles. The highest BCUT2D eigenvalue weighted by Crippen LogP contribution is 2.34. The Morgan fingerprint density at radius 2 is 2.00 bits per heavy atom. The lowest BCUT2D eigenvalue weighted by Gasteiger charge is -2.23. The van der Waals surface area contributed by atoms with Gasteiger partial charge in [-0.1, -0.05) is 13.0 Å². The van der Waals surface area contributed by atoms with E-state index in [-0.39, 0.29) is 6.04 Å². The van der Waals surface area contributed by atoms with E-state index in [9.17, 15) is 0 Å². The molecular weight excluding hydrogens is 230 g/mol. The summed E-state index contributed by atoms with van der Waals surface area (Å²) in [5.41, 5.74) is 7.35. The normalized spacial score (nSPS) is 17.3. The maximum Gasteiger partial charge on any atom is 0.161 e. The van der Waals surface area contributed by atoms with Crippen LogP contribution in [0.15, 0.2) is 18.2 Å². The summed E-state index contributed by atoms with van der Waals surface area (Å²) in [6, 6.07) is 5.94. The van der Waals surface area contributed by atoms with E-state index < -0.39 is 0 Å². The van der Waals surface area contributed by atoms with Crippen molar-refractivity contribution in [3.05, 3.63) is 23.8 Å². The summed E-state index contributed by atoms with van der Waals surface area (Å²) in [7, 11) is 1.71. The molecule has 0 spiro atoms. The van der Waals surface area contributed by atoms with E-state index in [1.807, 2.05) is 18.2 Å². The monoisotopic (exact) mass is 251 g/mol. The van der Waals surface area contributed by atoms with Crippen molar-refractivity contribution in [2.45, 2.75) is 19.4 Å². The molecule has 1 heterocycles. The van der Waals surface area contributed by atoms with Crippen molar-refractivity contribution in [2.75, 3.05) is 26.9 Å². The third-order valence-corrected chi connectivity index (χ3v) is 3.34. The summed E-state index contributed by atoms with van der Waals surface area (Å²) in [5.74, 6) is 1.97. The van der Waals surface area contributed by atoms with E-state index in [1.165, 1.54) is 0 Å². The van der Waals surface area contributed by atoms with E-state index in [4.69, 9.17) is 19.9 Å². The van der Waals surface area contributed by atoms with Crippen molar-refractivity contribution >= 4 is 0 Å². The molecule has 100 valence electrons. The maximum atomic E-state index is 6.26. The standard InChI is InChI=1S/C14H21NO3/c1-10(5-6-16-2)14(15)11-3-4-12-13(9-11)18-8-7-17-12/h3-4,9-10,14H,5-8,15H2,1-2H3. The third kappa shape index (κ3) is 2.94. The van der Waals surface area contributed by atoms with Crippen LogP contribution in [0.5, 0.6) is 11.5 Å². The van der Waals surface area contributed by atoms with Crippen molar-refractivity contribution in [3.63, 3.8) is 0 Å². The van der Waals surface area contributed by atoms with Crippen molar-refractivity contribution in [2.24, 2.45) is 11.7 Å². The summed E-state index contributed by atoms with van der Waals surface area (Å²) < 4.78 is 16.2. The average molecular weight is 251 g/mol. The molecule has 2 unspecified atom stereocenters. The fourth-order valence-corrected chi connectivity index (χ4v) is 2.08. The van der Waals surface area contributed by atoms with Crippen LogP contribution in [0, 0.1) is 5.92 Å². The second-order valence-corrected chi connectivity index (χ2v) is 4.69. The van der Waals surface area contributed by atoms with Crippen LogP contribution in [-0.4, -0.2) is 26.9 Å². The molecule has 1 aromatic rings. The number of fused-ring (bicyclic) bond motifs is 1. The van der Waals surface area contributed by atoms with Crippen LogP contribution < -0.4 is 15.2 Å². The molecule has 2 N–H and O–H groups in total. The number of benzene rings is 1. The smallest absolute Gasteiger partial charge is 0.161 e. The Morgan fingerprint density at radius 3 is 2.72 bits per heavy atom. The number of nitrogens with two attached hydrogens (primary N) is 1. The molecule has 2 rings (SSSR count).